The Morgan fingerprint density at radius 1 is 1.08 bits per heavy atom. The average molecular weight is 357 g/mol. The van der Waals surface area contributed by atoms with E-state index in [-0.39, 0.29) is 5.91 Å². The van der Waals surface area contributed by atoms with E-state index in [0.717, 1.165) is 6.42 Å². The second-order valence-electron chi connectivity index (χ2n) is 5.75. The van der Waals surface area contributed by atoms with Gasteiger partial charge in [0.2, 0.25) is 0 Å². The first-order valence-corrected chi connectivity index (χ1v) is 8.17. The van der Waals surface area contributed by atoms with E-state index in [0.29, 0.717) is 41.7 Å². The highest BCUT2D eigenvalue weighted by atomic mass is 16.5. The first-order valence-electron chi connectivity index (χ1n) is 8.17. The van der Waals surface area contributed by atoms with Crippen LogP contribution in [0.15, 0.2) is 42.5 Å². The Morgan fingerprint density at radius 2 is 1.77 bits per heavy atom. The molecule has 2 aromatic carbocycles. The minimum absolute atomic E-state index is 0.195. The van der Waals surface area contributed by atoms with Gasteiger partial charge in [-0.15, -0.1) is 0 Å². The molecule has 7 heteroatoms. The predicted octanol–water partition coefficient (Wildman–Crippen LogP) is 2.59. The summed E-state index contributed by atoms with van der Waals surface area (Å²) >= 11 is 0. The van der Waals surface area contributed by atoms with E-state index in [2.05, 4.69) is 0 Å². The first kappa shape index (κ1) is 17.6. The molecular weight excluding hydrogens is 338 g/mol. The molecule has 1 N–H and O–H groups in total. The maximum atomic E-state index is 12.7. The molecule has 1 amide bonds. The Bertz CT molecular complexity index is 802. The fourth-order valence-electron chi connectivity index (χ4n) is 2.52. The molecule has 0 fully saturated rings. The van der Waals surface area contributed by atoms with Gasteiger partial charge < -0.3 is 24.2 Å². The van der Waals surface area contributed by atoms with Crippen molar-refractivity contribution in [3.8, 4) is 17.2 Å². The number of carboxylic acids is 1. The topological polar surface area (TPSA) is 85.3 Å². The lowest BCUT2D eigenvalue weighted by atomic mass is 10.1. The third-order valence-electron chi connectivity index (χ3n) is 3.89. The summed E-state index contributed by atoms with van der Waals surface area (Å²) in [6.45, 7) is 0.736. The van der Waals surface area contributed by atoms with Crippen molar-refractivity contribution < 1.29 is 28.9 Å². The number of nitrogens with zero attached hydrogens (tertiary/aromatic N) is 1. The van der Waals surface area contributed by atoms with Crippen LogP contribution in [0.1, 0.15) is 16.8 Å². The zero-order valence-electron chi connectivity index (χ0n) is 14.3. The molecule has 3 rings (SSSR count). The van der Waals surface area contributed by atoms with Crippen molar-refractivity contribution in [1.29, 1.82) is 0 Å². The lowest BCUT2D eigenvalue weighted by Crippen LogP contribution is -2.26. The minimum atomic E-state index is -1.05. The number of carboxylic acid groups (broad SMARTS) is 1. The Kier molecular flexibility index (Phi) is 5.26. The third kappa shape index (κ3) is 4.05. The van der Waals surface area contributed by atoms with Crippen LogP contribution < -0.4 is 19.1 Å². The summed E-state index contributed by atoms with van der Waals surface area (Å²) in [7, 11) is 1.67. The van der Waals surface area contributed by atoms with Crippen LogP contribution in [0, 0.1) is 0 Å². The lowest BCUT2D eigenvalue weighted by molar-refractivity contribution is -0.139. The van der Waals surface area contributed by atoms with E-state index in [1.807, 2.05) is 0 Å². The number of carbonyl (C=O) groups is 2. The monoisotopic (exact) mass is 357 g/mol. The van der Waals surface area contributed by atoms with Crippen molar-refractivity contribution in [1.82, 2.24) is 0 Å². The molecule has 0 spiro atoms. The normalized spacial score (nSPS) is 12.8. The highest BCUT2D eigenvalue weighted by Gasteiger charge is 2.18. The molecule has 0 saturated heterocycles. The summed E-state index contributed by atoms with van der Waals surface area (Å²) in [4.78, 5) is 24.8. The highest BCUT2D eigenvalue weighted by molar-refractivity contribution is 6.06. The quantitative estimate of drug-likeness (QED) is 0.885. The Labute approximate surface area is 150 Å². The number of benzene rings is 2. The number of hydrogen-bond acceptors (Lipinski definition) is 5. The van der Waals surface area contributed by atoms with Gasteiger partial charge in [0, 0.05) is 24.7 Å². The maximum Gasteiger partial charge on any atom is 0.341 e. The van der Waals surface area contributed by atoms with Gasteiger partial charge in [0.15, 0.2) is 18.1 Å². The SMILES string of the molecule is CN(C(=O)c1ccc2c(c1)OCCCO2)c1ccc(OCC(=O)O)cc1. The Hall–Kier alpha value is -3.22. The largest absolute Gasteiger partial charge is 0.490 e. The molecule has 0 atom stereocenters. The number of amides is 1. The van der Waals surface area contributed by atoms with E-state index in [1.165, 1.54) is 4.90 Å². The van der Waals surface area contributed by atoms with Crippen LogP contribution in [0.25, 0.3) is 0 Å². The fourth-order valence-corrected chi connectivity index (χ4v) is 2.52. The molecular formula is C19H19NO6. The van der Waals surface area contributed by atoms with Gasteiger partial charge in [-0.3, -0.25) is 4.79 Å². The lowest BCUT2D eigenvalue weighted by Gasteiger charge is -2.18. The number of carbonyl (C=O) groups excluding carboxylic acids is 1. The van der Waals surface area contributed by atoms with Crippen LogP contribution in [-0.4, -0.2) is 43.9 Å². The minimum Gasteiger partial charge on any atom is -0.490 e. The third-order valence-corrected chi connectivity index (χ3v) is 3.89. The number of ether oxygens (including phenoxy) is 3. The van der Waals surface area contributed by atoms with Crippen molar-refractivity contribution in [3.63, 3.8) is 0 Å². The Morgan fingerprint density at radius 3 is 2.46 bits per heavy atom. The van der Waals surface area contributed by atoms with Crippen LogP contribution in [0.2, 0.25) is 0 Å². The molecule has 1 aliphatic rings. The molecule has 7 nitrogen and oxygen atoms in total. The number of rotatable bonds is 5. The van der Waals surface area contributed by atoms with Crippen molar-refractivity contribution in [2.24, 2.45) is 0 Å². The number of aliphatic carboxylic acids is 1. The van der Waals surface area contributed by atoms with Gasteiger partial charge in [-0.05, 0) is 42.5 Å². The average Bonchev–Trinajstić information content (AvgIpc) is 2.90. The zero-order valence-corrected chi connectivity index (χ0v) is 14.3. The van der Waals surface area contributed by atoms with Gasteiger partial charge in [-0.1, -0.05) is 0 Å². The molecule has 1 aliphatic heterocycles. The van der Waals surface area contributed by atoms with Crippen LogP contribution in [0.5, 0.6) is 17.2 Å². The summed E-state index contributed by atoms with van der Waals surface area (Å²) in [6, 6.07) is 11.8. The summed E-state index contributed by atoms with van der Waals surface area (Å²) < 4.78 is 16.3. The van der Waals surface area contributed by atoms with Crippen LogP contribution in [-0.2, 0) is 4.79 Å². The molecule has 0 unspecified atom stereocenters. The van der Waals surface area contributed by atoms with Gasteiger partial charge >= 0.3 is 5.97 Å². The number of anilines is 1. The van der Waals surface area contributed by atoms with Gasteiger partial charge in [0.25, 0.3) is 5.91 Å². The molecule has 2 aromatic rings. The highest BCUT2D eigenvalue weighted by Crippen LogP contribution is 2.31. The summed E-state index contributed by atoms with van der Waals surface area (Å²) in [5.41, 5.74) is 1.15. The van der Waals surface area contributed by atoms with E-state index < -0.39 is 12.6 Å². The van der Waals surface area contributed by atoms with Gasteiger partial charge in [-0.2, -0.15) is 0 Å². The second-order valence-corrected chi connectivity index (χ2v) is 5.75. The van der Waals surface area contributed by atoms with E-state index in [4.69, 9.17) is 19.3 Å². The fraction of sp³-hybridized carbons (Fsp3) is 0.263. The molecule has 0 saturated carbocycles. The molecule has 1 heterocycles. The van der Waals surface area contributed by atoms with Crippen molar-refractivity contribution in [2.45, 2.75) is 6.42 Å². The van der Waals surface area contributed by atoms with Gasteiger partial charge in [0.1, 0.15) is 5.75 Å². The van der Waals surface area contributed by atoms with Gasteiger partial charge in [0.05, 0.1) is 13.2 Å². The molecule has 26 heavy (non-hydrogen) atoms. The molecule has 136 valence electrons. The van der Waals surface area contributed by atoms with Gasteiger partial charge in [-0.25, -0.2) is 4.79 Å². The Balaban J connectivity index is 1.73. The maximum absolute atomic E-state index is 12.7. The summed E-state index contributed by atoms with van der Waals surface area (Å²) in [5, 5.41) is 8.62. The summed E-state index contributed by atoms with van der Waals surface area (Å²) in [5.74, 6) is 0.393. The van der Waals surface area contributed by atoms with E-state index >= 15 is 0 Å². The standard InChI is InChI=1S/C19H19NO6/c1-20(14-4-6-15(7-5-14)26-12-18(21)22)19(23)13-3-8-16-17(11-13)25-10-2-9-24-16/h3-8,11H,2,9-10,12H2,1H3,(H,21,22). The van der Waals surface area contributed by atoms with E-state index in [9.17, 15) is 9.59 Å². The van der Waals surface area contributed by atoms with E-state index in [1.54, 1.807) is 49.5 Å². The molecule has 0 radical (unpaired) electrons. The molecule has 0 bridgehead atoms. The van der Waals surface area contributed by atoms with Crippen LogP contribution >= 0.6 is 0 Å². The predicted molar refractivity (Wildman–Crippen MR) is 94.4 cm³/mol. The van der Waals surface area contributed by atoms with Crippen molar-refractivity contribution in [2.75, 3.05) is 31.8 Å². The smallest absolute Gasteiger partial charge is 0.341 e. The molecule has 0 aromatic heterocycles. The van der Waals surface area contributed by atoms with Crippen LogP contribution in [0.4, 0.5) is 5.69 Å². The molecule has 0 aliphatic carbocycles. The number of fused-ring (bicyclic) bond motifs is 1. The second kappa shape index (κ2) is 7.77. The summed E-state index contributed by atoms with van der Waals surface area (Å²) in [6.07, 6.45) is 0.800. The van der Waals surface area contributed by atoms with Crippen LogP contribution in [0.3, 0.4) is 0 Å². The van der Waals surface area contributed by atoms with Crippen molar-refractivity contribution in [3.05, 3.63) is 48.0 Å². The zero-order chi connectivity index (χ0) is 18.5. The van der Waals surface area contributed by atoms with Crippen molar-refractivity contribution >= 4 is 17.6 Å². The number of hydrogen-bond donors (Lipinski definition) is 1. The first-order chi connectivity index (χ1) is 12.5.